The van der Waals surface area contributed by atoms with Gasteiger partial charge in [0, 0.05) is 0 Å². The summed E-state index contributed by atoms with van der Waals surface area (Å²) in [5, 5.41) is 0. The van der Waals surface area contributed by atoms with E-state index in [0.29, 0.717) is 0 Å². The van der Waals surface area contributed by atoms with E-state index in [1.165, 1.54) is 10.7 Å². The van der Waals surface area contributed by atoms with E-state index in [4.69, 9.17) is 13.0 Å². The Morgan fingerprint density at radius 1 is 0.630 bits per heavy atom. The maximum atomic E-state index is 10.7. The van der Waals surface area contributed by atoms with Crippen molar-refractivity contribution in [1.29, 1.82) is 0 Å². The summed E-state index contributed by atoms with van der Waals surface area (Å²) in [6, 6.07) is 32.8. The average Bonchev–Trinajstić information content (AvgIpc) is 2.64. The van der Waals surface area contributed by atoms with Gasteiger partial charge in [0.1, 0.15) is 0 Å². The molecule has 0 amide bonds. The number of rotatable bonds is 3. The molecule has 0 aromatic heterocycles. The molecule has 0 aliphatic carbocycles. The summed E-state index contributed by atoms with van der Waals surface area (Å²) < 4.78 is 62.0. The van der Waals surface area contributed by atoms with Crippen molar-refractivity contribution in [3.05, 3.63) is 102 Å². The molecule has 27 heavy (non-hydrogen) atoms. The third kappa shape index (κ3) is 6.33. The molecular formula is C19H16F3IO3S. The fraction of sp³-hybridized carbons (Fsp3) is 0.0526. The predicted octanol–water partition coefficient (Wildman–Crippen LogP) is 5.50. The Bertz CT molecular complexity index is 838. The van der Waals surface area contributed by atoms with Crippen LogP contribution >= 0.6 is 19.8 Å². The van der Waals surface area contributed by atoms with Crippen LogP contribution in [0, 0.1) is 10.7 Å². The summed E-state index contributed by atoms with van der Waals surface area (Å²) in [6.45, 7) is 0. The zero-order valence-electron chi connectivity index (χ0n) is 13.8. The van der Waals surface area contributed by atoms with Gasteiger partial charge in [0.05, 0.1) is 0 Å². The first-order chi connectivity index (χ1) is 12.7. The van der Waals surface area contributed by atoms with Crippen LogP contribution in [0.2, 0.25) is 0 Å². The van der Waals surface area contributed by atoms with E-state index < -0.39 is 35.4 Å². The van der Waals surface area contributed by atoms with Crippen molar-refractivity contribution in [2.24, 2.45) is 0 Å². The van der Waals surface area contributed by atoms with E-state index in [1.807, 2.05) is 0 Å². The molecule has 0 bridgehead atoms. The van der Waals surface area contributed by atoms with E-state index >= 15 is 0 Å². The van der Waals surface area contributed by atoms with Crippen molar-refractivity contribution in [2.45, 2.75) is 5.51 Å². The molecule has 0 spiro atoms. The summed E-state index contributed by atoms with van der Waals surface area (Å²) in [6.07, 6.45) is 0. The van der Waals surface area contributed by atoms with Gasteiger partial charge in [-0.25, -0.2) is 0 Å². The second-order valence-corrected chi connectivity index (χ2v) is 11.9. The molecule has 0 saturated carbocycles. The number of halogens is 4. The molecule has 3 aromatic rings. The number of hydrogen-bond donors (Lipinski definition) is 1. The molecule has 3 rings (SSSR count). The van der Waals surface area contributed by atoms with Crippen LogP contribution in [0.3, 0.4) is 0 Å². The summed E-state index contributed by atoms with van der Waals surface area (Å²) in [4.78, 5) is 0. The van der Waals surface area contributed by atoms with Crippen molar-refractivity contribution in [1.82, 2.24) is 0 Å². The summed E-state index contributed by atoms with van der Waals surface area (Å²) in [5.74, 6) is 0. The Morgan fingerprint density at radius 2 is 0.852 bits per heavy atom. The van der Waals surface area contributed by atoms with Crippen LogP contribution in [0.1, 0.15) is 0 Å². The van der Waals surface area contributed by atoms with Crippen LogP contribution < -0.4 is 0 Å². The van der Waals surface area contributed by atoms with Crippen molar-refractivity contribution in [2.75, 3.05) is 0 Å². The van der Waals surface area contributed by atoms with Gasteiger partial charge >= 0.3 is 137 Å². The molecule has 3 aromatic carbocycles. The Labute approximate surface area is 163 Å². The number of benzene rings is 3. The molecule has 0 aliphatic heterocycles. The van der Waals surface area contributed by atoms with Gasteiger partial charge in [0.2, 0.25) is 0 Å². The quantitative estimate of drug-likeness (QED) is 0.289. The Morgan fingerprint density at radius 3 is 1.04 bits per heavy atom. The molecule has 8 heteroatoms. The Kier molecular flexibility index (Phi) is 7.40. The maximum absolute atomic E-state index is 10.7. The molecule has 0 aliphatic rings. The van der Waals surface area contributed by atoms with E-state index in [9.17, 15) is 13.2 Å². The van der Waals surface area contributed by atoms with Gasteiger partial charge in [-0.05, 0) is 0 Å². The minimum absolute atomic E-state index is 1.49. The second kappa shape index (κ2) is 9.34. The van der Waals surface area contributed by atoms with E-state index in [2.05, 4.69) is 91.0 Å². The monoisotopic (exact) mass is 508 g/mol. The zero-order valence-corrected chi connectivity index (χ0v) is 16.8. The third-order valence-corrected chi connectivity index (χ3v) is 9.63. The molecule has 3 nitrogen and oxygen atoms in total. The van der Waals surface area contributed by atoms with Gasteiger partial charge in [-0.3, -0.25) is 4.55 Å². The van der Waals surface area contributed by atoms with Crippen LogP contribution in [0.15, 0.2) is 91.0 Å². The average molecular weight is 508 g/mol. The van der Waals surface area contributed by atoms with Crippen molar-refractivity contribution >= 4 is 29.9 Å². The molecule has 0 atom stereocenters. The normalized spacial score (nSPS) is 11.9. The second-order valence-electron chi connectivity index (χ2n) is 5.09. The first kappa shape index (κ1) is 21.4. The van der Waals surface area contributed by atoms with E-state index in [-0.39, 0.29) is 0 Å². The SMILES string of the molecule is O=S(=O)(O)C(F)(F)F.c1ccc(I(c2ccccc2)c2ccccc2)cc1. The first-order valence-corrected chi connectivity index (χ1v) is 12.3. The fourth-order valence-corrected chi connectivity index (χ4v) is 7.56. The van der Waals surface area contributed by atoms with Gasteiger partial charge in [0.15, 0.2) is 0 Å². The first-order valence-electron chi connectivity index (χ1n) is 7.59. The van der Waals surface area contributed by atoms with Gasteiger partial charge in [-0.1, -0.05) is 0 Å². The molecule has 144 valence electrons. The Balaban J connectivity index is 0.000000279. The molecule has 0 radical (unpaired) electrons. The minimum atomic E-state index is -5.84. The molecule has 0 saturated heterocycles. The summed E-state index contributed by atoms with van der Waals surface area (Å²) >= 11 is -1.52. The standard InChI is InChI=1S/C18H15I.CHF3O3S/c1-4-10-16(11-5-1)19(17-12-6-2-7-13-17)18-14-8-3-9-15-18;2-1(3,4)8(5,6)7/h1-15H;(H,5,6,7). The summed E-state index contributed by atoms with van der Waals surface area (Å²) in [7, 11) is -5.84. The molecule has 0 fully saturated rings. The van der Waals surface area contributed by atoms with Crippen molar-refractivity contribution < 1.29 is 26.1 Å². The third-order valence-electron chi connectivity index (χ3n) is 3.15. The van der Waals surface area contributed by atoms with Crippen LogP contribution in [-0.2, 0) is 10.1 Å². The molecule has 0 heterocycles. The zero-order chi connectivity index (χ0) is 19.9. The topological polar surface area (TPSA) is 54.4 Å². The van der Waals surface area contributed by atoms with Crippen molar-refractivity contribution in [3.8, 4) is 0 Å². The Hall–Kier alpha value is -1.91. The number of alkyl halides is 3. The van der Waals surface area contributed by atoms with Gasteiger partial charge in [0.25, 0.3) is 0 Å². The molecular weight excluding hydrogens is 492 g/mol. The van der Waals surface area contributed by atoms with Crippen molar-refractivity contribution in [3.63, 3.8) is 0 Å². The van der Waals surface area contributed by atoms with E-state index in [0.717, 1.165) is 0 Å². The van der Waals surface area contributed by atoms with Crippen LogP contribution in [0.5, 0.6) is 0 Å². The van der Waals surface area contributed by atoms with Gasteiger partial charge < -0.3 is 0 Å². The van der Waals surface area contributed by atoms with Crippen LogP contribution in [0.4, 0.5) is 13.2 Å². The molecule has 1 N–H and O–H groups in total. The van der Waals surface area contributed by atoms with Gasteiger partial charge in [-0.2, -0.15) is 21.6 Å². The number of hydrogen-bond acceptors (Lipinski definition) is 2. The summed E-state index contributed by atoms with van der Waals surface area (Å²) in [5.41, 5.74) is -5.53. The van der Waals surface area contributed by atoms with Crippen LogP contribution in [-0.4, -0.2) is 18.5 Å². The molecule has 0 unspecified atom stereocenters. The van der Waals surface area contributed by atoms with E-state index in [1.54, 1.807) is 0 Å². The van der Waals surface area contributed by atoms with Crippen LogP contribution in [0.25, 0.3) is 0 Å². The fourth-order valence-electron chi connectivity index (χ4n) is 2.00. The predicted molar refractivity (Wildman–Crippen MR) is 107 cm³/mol. The van der Waals surface area contributed by atoms with Gasteiger partial charge in [-0.15, -0.1) is 0 Å².